The van der Waals surface area contributed by atoms with Crippen LogP contribution in [0.4, 0.5) is 4.39 Å². The number of aryl methyl sites for hydroxylation is 1. The Balaban J connectivity index is 1.90. The fourth-order valence-electron chi connectivity index (χ4n) is 4.39. The van der Waals surface area contributed by atoms with Gasteiger partial charge in [0.25, 0.3) is 0 Å². The van der Waals surface area contributed by atoms with E-state index in [0.29, 0.717) is 43.1 Å². The van der Waals surface area contributed by atoms with E-state index in [4.69, 9.17) is 9.47 Å². The highest BCUT2D eigenvalue weighted by molar-refractivity contribution is 5.88. The molecule has 3 rings (SSSR count). The molecule has 0 bridgehead atoms. The monoisotopic (exact) mass is 534 g/mol. The summed E-state index contributed by atoms with van der Waals surface area (Å²) in [6, 6.07) is 20.7. The van der Waals surface area contributed by atoms with Crippen LogP contribution >= 0.6 is 0 Å². The van der Waals surface area contributed by atoms with E-state index in [2.05, 4.69) is 5.32 Å². The number of hydrogen-bond acceptors (Lipinski definition) is 4. The van der Waals surface area contributed by atoms with Gasteiger partial charge in [0.1, 0.15) is 11.9 Å². The van der Waals surface area contributed by atoms with E-state index >= 15 is 0 Å². The van der Waals surface area contributed by atoms with Crippen molar-refractivity contribution in [3.05, 3.63) is 95.3 Å². The van der Waals surface area contributed by atoms with E-state index < -0.39 is 11.9 Å². The first kappa shape index (κ1) is 29.7. The highest BCUT2D eigenvalue weighted by atomic mass is 19.1. The lowest BCUT2D eigenvalue weighted by molar-refractivity contribution is -0.141. The average Bonchev–Trinajstić information content (AvgIpc) is 2.92. The van der Waals surface area contributed by atoms with Crippen LogP contribution in [0.5, 0.6) is 11.5 Å². The van der Waals surface area contributed by atoms with Crippen LogP contribution in [0.3, 0.4) is 0 Å². The normalized spacial score (nSPS) is 11.6. The first-order valence-electron chi connectivity index (χ1n) is 13.6. The fourth-order valence-corrected chi connectivity index (χ4v) is 4.39. The number of ether oxygens (including phenoxy) is 2. The van der Waals surface area contributed by atoms with Crippen LogP contribution in [0.2, 0.25) is 0 Å². The number of carbonyl (C=O) groups is 2. The SMILES string of the molecule is CCOc1ccc(CCC(=O)N(Cc2ccccc2F)[C@H](Cc2ccccc2)C(=O)NC(C)C)cc1OCC. The third-order valence-corrected chi connectivity index (χ3v) is 6.24. The van der Waals surface area contributed by atoms with Crippen LogP contribution in [0.15, 0.2) is 72.8 Å². The zero-order valence-electron chi connectivity index (χ0n) is 23.3. The van der Waals surface area contributed by atoms with Crippen molar-refractivity contribution in [3.8, 4) is 11.5 Å². The van der Waals surface area contributed by atoms with Crippen molar-refractivity contribution in [1.29, 1.82) is 0 Å². The molecule has 0 saturated heterocycles. The number of benzene rings is 3. The minimum atomic E-state index is -0.804. The molecule has 0 saturated carbocycles. The first-order valence-corrected chi connectivity index (χ1v) is 13.6. The molecular weight excluding hydrogens is 495 g/mol. The summed E-state index contributed by atoms with van der Waals surface area (Å²) in [5.41, 5.74) is 2.19. The third kappa shape index (κ3) is 8.84. The number of carbonyl (C=O) groups excluding carboxylic acids is 2. The van der Waals surface area contributed by atoms with Crippen LogP contribution in [0, 0.1) is 5.82 Å². The molecule has 6 nitrogen and oxygen atoms in total. The summed E-state index contributed by atoms with van der Waals surface area (Å²) in [5, 5.41) is 2.96. The van der Waals surface area contributed by atoms with Crippen molar-refractivity contribution < 1.29 is 23.5 Å². The molecule has 0 radical (unpaired) electrons. The highest BCUT2D eigenvalue weighted by Crippen LogP contribution is 2.29. The Morgan fingerprint density at radius 1 is 0.872 bits per heavy atom. The number of hydrogen-bond donors (Lipinski definition) is 1. The van der Waals surface area contributed by atoms with E-state index in [1.807, 2.05) is 76.2 Å². The number of halogens is 1. The summed E-state index contributed by atoms with van der Waals surface area (Å²) in [6.45, 7) is 8.57. The lowest BCUT2D eigenvalue weighted by atomic mass is 10.0. The van der Waals surface area contributed by atoms with E-state index in [9.17, 15) is 14.0 Å². The maximum Gasteiger partial charge on any atom is 0.243 e. The topological polar surface area (TPSA) is 67.9 Å². The lowest BCUT2D eigenvalue weighted by Gasteiger charge is -2.32. The molecule has 3 aromatic rings. The van der Waals surface area contributed by atoms with E-state index in [-0.39, 0.29) is 30.8 Å². The van der Waals surface area contributed by atoms with Gasteiger partial charge in [-0.05, 0) is 63.4 Å². The van der Waals surface area contributed by atoms with Gasteiger partial charge >= 0.3 is 0 Å². The van der Waals surface area contributed by atoms with Crippen LogP contribution in [-0.4, -0.2) is 42.0 Å². The van der Waals surface area contributed by atoms with Gasteiger partial charge in [-0.15, -0.1) is 0 Å². The summed E-state index contributed by atoms with van der Waals surface area (Å²) in [6.07, 6.45) is 0.897. The minimum absolute atomic E-state index is 0.0119. The Kier molecular flexibility index (Phi) is 11.3. The maximum absolute atomic E-state index is 14.7. The third-order valence-electron chi connectivity index (χ3n) is 6.24. The predicted octanol–water partition coefficient (Wildman–Crippen LogP) is 5.72. The number of amides is 2. The second-order valence-corrected chi connectivity index (χ2v) is 9.63. The van der Waals surface area contributed by atoms with Gasteiger partial charge in [-0.2, -0.15) is 0 Å². The van der Waals surface area contributed by atoms with Crippen molar-refractivity contribution in [3.63, 3.8) is 0 Å². The summed E-state index contributed by atoms with van der Waals surface area (Å²) in [7, 11) is 0. The highest BCUT2D eigenvalue weighted by Gasteiger charge is 2.31. The Hall–Kier alpha value is -3.87. The fraction of sp³-hybridized carbons (Fsp3) is 0.375. The van der Waals surface area contributed by atoms with Gasteiger partial charge in [0.15, 0.2) is 11.5 Å². The molecule has 2 amide bonds. The molecule has 0 unspecified atom stereocenters. The van der Waals surface area contributed by atoms with E-state index in [1.54, 1.807) is 18.2 Å². The Morgan fingerprint density at radius 2 is 1.54 bits per heavy atom. The molecule has 0 heterocycles. The van der Waals surface area contributed by atoms with Gasteiger partial charge in [0.05, 0.1) is 13.2 Å². The zero-order valence-corrected chi connectivity index (χ0v) is 23.3. The summed E-state index contributed by atoms with van der Waals surface area (Å²) in [4.78, 5) is 28.8. The van der Waals surface area contributed by atoms with Gasteiger partial charge in [-0.3, -0.25) is 9.59 Å². The van der Waals surface area contributed by atoms with Gasteiger partial charge in [0.2, 0.25) is 11.8 Å². The molecule has 0 aliphatic heterocycles. The van der Waals surface area contributed by atoms with Crippen LogP contribution < -0.4 is 14.8 Å². The molecule has 0 fully saturated rings. The number of rotatable bonds is 14. The van der Waals surface area contributed by atoms with Crippen molar-refractivity contribution in [1.82, 2.24) is 10.2 Å². The van der Waals surface area contributed by atoms with Crippen LogP contribution in [0.25, 0.3) is 0 Å². The molecule has 208 valence electrons. The Labute approximate surface area is 231 Å². The Bertz CT molecular complexity index is 1220. The largest absolute Gasteiger partial charge is 0.490 e. The summed E-state index contributed by atoms with van der Waals surface area (Å²) in [5.74, 6) is 0.378. The maximum atomic E-state index is 14.7. The van der Waals surface area contributed by atoms with Gasteiger partial charge in [0, 0.05) is 31.0 Å². The first-order chi connectivity index (χ1) is 18.8. The number of nitrogens with zero attached hydrogens (tertiary/aromatic N) is 1. The summed E-state index contributed by atoms with van der Waals surface area (Å²) >= 11 is 0. The van der Waals surface area contributed by atoms with Crippen molar-refractivity contribution in [2.24, 2.45) is 0 Å². The van der Waals surface area contributed by atoms with E-state index in [1.165, 1.54) is 11.0 Å². The standard InChI is InChI=1S/C32H39FN2O4/c1-5-38-29-18-16-25(21-30(29)39-6-2)17-19-31(36)35(22-26-14-10-11-15-27(26)33)28(32(37)34-23(3)4)20-24-12-8-7-9-13-24/h7-16,18,21,23,28H,5-6,17,19-20,22H2,1-4H3,(H,34,37)/t28-/m1/s1. The van der Waals surface area contributed by atoms with Crippen LogP contribution in [-0.2, 0) is 29.0 Å². The number of nitrogens with one attached hydrogen (secondary N) is 1. The molecule has 7 heteroatoms. The predicted molar refractivity (Wildman–Crippen MR) is 151 cm³/mol. The molecule has 0 spiro atoms. The lowest BCUT2D eigenvalue weighted by Crippen LogP contribution is -2.52. The smallest absolute Gasteiger partial charge is 0.243 e. The second kappa shape index (κ2) is 14.9. The molecule has 0 aliphatic carbocycles. The average molecular weight is 535 g/mol. The molecule has 1 atom stereocenters. The van der Waals surface area contributed by atoms with Crippen molar-refractivity contribution >= 4 is 11.8 Å². The van der Waals surface area contributed by atoms with Gasteiger partial charge in [-0.1, -0.05) is 54.6 Å². The summed E-state index contributed by atoms with van der Waals surface area (Å²) < 4.78 is 26.1. The molecule has 3 aromatic carbocycles. The molecule has 0 aromatic heterocycles. The van der Waals surface area contributed by atoms with Gasteiger partial charge in [-0.25, -0.2) is 4.39 Å². The second-order valence-electron chi connectivity index (χ2n) is 9.63. The quantitative estimate of drug-likeness (QED) is 0.287. The molecular formula is C32H39FN2O4. The Morgan fingerprint density at radius 3 is 2.21 bits per heavy atom. The van der Waals surface area contributed by atoms with Gasteiger partial charge < -0.3 is 19.7 Å². The molecule has 1 N–H and O–H groups in total. The molecule has 0 aliphatic rings. The van der Waals surface area contributed by atoms with Crippen molar-refractivity contribution in [2.75, 3.05) is 13.2 Å². The van der Waals surface area contributed by atoms with Crippen LogP contribution in [0.1, 0.15) is 50.8 Å². The zero-order chi connectivity index (χ0) is 28.2. The van der Waals surface area contributed by atoms with E-state index in [0.717, 1.165) is 11.1 Å². The van der Waals surface area contributed by atoms with Crippen molar-refractivity contribution in [2.45, 2.75) is 65.6 Å². The molecule has 39 heavy (non-hydrogen) atoms. The minimum Gasteiger partial charge on any atom is -0.490 e.